The molecule has 0 radical (unpaired) electrons. The van der Waals surface area contributed by atoms with E-state index in [0.29, 0.717) is 43.8 Å². The highest BCUT2D eigenvalue weighted by Gasteiger charge is 2.32. The third kappa shape index (κ3) is 8.75. The second-order valence-corrected chi connectivity index (χ2v) is 13.7. The highest BCUT2D eigenvalue weighted by Crippen LogP contribution is 2.34. The number of piperidine rings is 1. The lowest BCUT2D eigenvalue weighted by atomic mass is 9.98. The molecule has 4 aromatic carbocycles. The number of anilines is 2. The number of nitro groups is 1. The molecule has 48 heavy (non-hydrogen) atoms. The molecule has 1 fully saturated rings. The summed E-state index contributed by atoms with van der Waals surface area (Å²) in [6, 6.07) is 25.5. The molecule has 14 heteroatoms. The predicted molar refractivity (Wildman–Crippen MR) is 184 cm³/mol. The monoisotopic (exact) mass is 695 g/mol. The lowest BCUT2D eigenvalue weighted by Crippen LogP contribution is -2.30. The summed E-state index contributed by atoms with van der Waals surface area (Å²) in [5.74, 6) is 0.355. The average Bonchev–Trinajstić information content (AvgIpc) is 3.07. The minimum absolute atomic E-state index is 0.151. The Labute approximate surface area is 280 Å². The first-order valence-corrected chi connectivity index (χ1v) is 17.3. The lowest BCUT2D eigenvalue weighted by molar-refractivity contribution is -0.384. The Bertz CT molecular complexity index is 1920. The Morgan fingerprint density at radius 2 is 1.65 bits per heavy atom. The molecule has 250 valence electrons. The molecule has 0 aliphatic carbocycles. The molecule has 4 aromatic rings. The first-order valence-electron chi connectivity index (χ1n) is 14.9. The first-order chi connectivity index (χ1) is 22.9. The number of hydrogen-bond donors (Lipinski definition) is 2. The predicted octanol–water partition coefficient (Wildman–Crippen LogP) is 7.60. The van der Waals surface area contributed by atoms with Crippen molar-refractivity contribution < 1.29 is 26.5 Å². The van der Waals surface area contributed by atoms with Gasteiger partial charge in [-0.2, -0.15) is 21.6 Å². The lowest BCUT2D eigenvalue weighted by Gasteiger charge is -2.30. The highest BCUT2D eigenvalue weighted by molar-refractivity contribution is 7.99. The number of halogens is 3. The van der Waals surface area contributed by atoms with Crippen molar-refractivity contribution in [2.24, 2.45) is 10.1 Å². The minimum Gasteiger partial charge on any atom is -0.383 e. The van der Waals surface area contributed by atoms with Gasteiger partial charge in [0.05, 0.1) is 15.4 Å². The number of nitrogens with two attached hydrogens (primary N) is 1. The quantitative estimate of drug-likeness (QED) is 0.0410. The molecule has 0 spiro atoms. The summed E-state index contributed by atoms with van der Waals surface area (Å²) in [5, 5.41) is 14.8. The summed E-state index contributed by atoms with van der Waals surface area (Å²) in [4.78, 5) is 13.9. The number of thioether (sulfide) groups is 1. The molecular formula is C34H32F3N5O4S2. The maximum absolute atomic E-state index is 13.4. The number of nitro benzene ring substituents is 1. The van der Waals surface area contributed by atoms with Gasteiger partial charge in [0, 0.05) is 47.6 Å². The van der Waals surface area contributed by atoms with Crippen LogP contribution in [0.25, 0.3) is 6.08 Å². The minimum atomic E-state index is -4.43. The fraction of sp³-hybridized carbons (Fsp3) is 0.206. The fourth-order valence-electron chi connectivity index (χ4n) is 5.22. The van der Waals surface area contributed by atoms with Gasteiger partial charge in [0.25, 0.3) is 15.7 Å². The van der Waals surface area contributed by atoms with Crippen LogP contribution < -0.4 is 16.0 Å². The summed E-state index contributed by atoms with van der Waals surface area (Å²) in [6.45, 7) is 1.60. The van der Waals surface area contributed by atoms with Crippen LogP contribution >= 0.6 is 11.8 Å². The summed E-state index contributed by atoms with van der Waals surface area (Å²) in [5.41, 5.74) is 7.44. The molecule has 0 unspecified atom stereocenters. The molecular weight excluding hydrogens is 664 g/mol. The van der Waals surface area contributed by atoms with E-state index in [1.165, 1.54) is 24.3 Å². The van der Waals surface area contributed by atoms with E-state index in [1.807, 2.05) is 30.3 Å². The number of amidine groups is 1. The second-order valence-electron chi connectivity index (χ2n) is 10.9. The Balaban J connectivity index is 1.22. The van der Waals surface area contributed by atoms with Crippen LogP contribution in [0.15, 0.2) is 117 Å². The van der Waals surface area contributed by atoms with Crippen molar-refractivity contribution in [3.63, 3.8) is 0 Å². The third-order valence-corrected chi connectivity index (χ3v) is 9.97. The van der Waals surface area contributed by atoms with Crippen molar-refractivity contribution in [2.45, 2.75) is 28.8 Å². The van der Waals surface area contributed by atoms with Crippen molar-refractivity contribution in [1.82, 2.24) is 0 Å². The van der Waals surface area contributed by atoms with E-state index in [-0.39, 0.29) is 22.0 Å². The number of nitrogens with one attached hydrogen (secondary N) is 1. The molecule has 0 amide bonds. The van der Waals surface area contributed by atoms with Crippen molar-refractivity contribution in [2.75, 3.05) is 35.6 Å². The summed E-state index contributed by atoms with van der Waals surface area (Å²) in [6.07, 6.45) is -1.64. The van der Waals surface area contributed by atoms with Crippen LogP contribution in [0.3, 0.4) is 0 Å². The van der Waals surface area contributed by atoms with E-state index < -0.39 is 32.4 Å². The fourth-order valence-corrected chi connectivity index (χ4v) is 6.98. The average molecular weight is 696 g/mol. The Morgan fingerprint density at radius 3 is 2.31 bits per heavy atom. The molecule has 1 aliphatic rings. The zero-order chi connectivity index (χ0) is 34.3. The summed E-state index contributed by atoms with van der Waals surface area (Å²) >= 11 is 1.58. The Morgan fingerprint density at radius 1 is 0.979 bits per heavy atom. The van der Waals surface area contributed by atoms with Crippen molar-refractivity contribution in [3.05, 3.63) is 129 Å². The van der Waals surface area contributed by atoms with Gasteiger partial charge in [-0.3, -0.25) is 10.1 Å². The molecule has 1 aliphatic heterocycles. The molecule has 0 atom stereocenters. The van der Waals surface area contributed by atoms with E-state index in [4.69, 9.17) is 5.73 Å². The second kappa shape index (κ2) is 14.9. The van der Waals surface area contributed by atoms with Crippen LogP contribution in [-0.4, -0.2) is 44.6 Å². The molecule has 1 saturated heterocycles. The van der Waals surface area contributed by atoms with E-state index in [9.17, 15) is 31.7 Å². The molecule has 5 rings (SSSR count). The molecule has 3 N–H and O–H groups in total. The van der Waals surface area contributed by atoms with Gasteiger partial charge in [-0.25, -0.2) is 0 Å². The maximum atomic E-state index is 13.4. The Kier molecular flexibility index (Phi) is 10.7. The van der Waals surface area contributed by atoms with Gasteiger partial charge in [0.15, 0.2) is 0 Å². The zero-order valence-electron chi connectivity index (χ0n) is 25.6. The SMILES string of the molecule is NC(=NS(=O)(=O)c1ccc(NCCSc2ccccc2)c([N+](=O)[O-])c1)c1ccc(N2CCC(=Cc3ccccc3C(F)(F)F)CC2)cc1. The smallest absolute Gasteiger partial charge is 0.383 e. The number of alkyl halides is 3. The van der Waals surface area contributed by atoms with Crippen LogP contribution in [-0.2, 0) is 16.2 Å². The van der Waals surface area contributed by atoms with Gasteiger partial charge in [0.1, 0.15) is 11.5 Å². The molecule has 1 heterocycles. The van der Waals surface area contributed by atoms with Crippen LogP contribution in [0.4, 0.5) is 30.2 Å². The van der Waals surface area contributed by atoms with E-state index in [0.717, 1.165) is 28.3 Å². The number of sulfonamides is 1. The van der Waals surface area contributed by atoms with Gasteiger partial charge in [-0.05, 0) is 73.0 Å². The Hall–Kier alpha value is -4.82. The maximum Gasteiger partial charge on any atom is 0.416 e. The van der Waals surface area contributed by atoms with Gasteiger partial charge in [0.2, 0.25) is 0 Å². The topological polar surface area (TPSA) is 131 Å². The number of nitrogens with zero attached hydrogens (tertiary/aromatic N) is 3. The van der Waals surface area contributed by atoms with Crippen LogP contribution in [0, 0.1) is 10.1 Å². The normalized spacial score (nSPS) is 14.1. The summed E-state index contributed by atoms with van der Waals surface area (Å²) < 4.78 is 70.0. The summed E-state index contributed by atoms with van der Waals surface area (Å²) in [7, 11) is -4.38. The number of rotatable bonds is 11. The van der Waals surface area contributed by atoms with Gasteiger partial charge in [-0.15, -0.1) is 16.2 Å². The van der Waals surface area contributed by atoms with Crippen molar-refractivity contribution in [3.8, 4) is 0 Å². The van der Waals surface area contributed by atoms with Crippen LogP contribution in [0.1, 0.15) is 29.5 Å². The number of benzene rings is 4. The molecule has 0 saturated carbocycles. The molecule has 9 nitrogen and oxygen atoms in total. The van der Waals surface area contributed by atoms with Crippen molar-refractivity contribution in [1.29, 1.82) is 0 Å². The molecule has 0 bridgehead atoms. The molecule has 0 aromatic heterocycles. The third-order valence-electron chi connectivity index (χ3n) is 7.67. The van der Waals surface area contributed by atoms with Crippen LogP contribution in [0.2, 0.25) is 0 Å². The number of hydrogen-bond acceptors (Lipinski definition) is 7. The van der Waals surface area contributed by atoms with Crippen molar-refractivity contribution >= 4 is 50.8 Å². The first kappa shape index (κ1) is 34.5. The largest absolute Gasteiger partial charge is 0.416 e. The van der Waals surface area contributed by atoms with Gasteiger partial charge < -0.3 is 16.0 Å². The zero-order valence-corrected chi connectivity index (χ0v) is 27.2. The van der Waals surface area contributed by atoms with E-state index in [1.54, 1.807) is 48.2 Å². The standard InChI is InChI=1S/C34H32F3N5O4S2/c35-34(36,37)30-9-5-4-6-26(30)22-24-16-19-41(20-17-24)27-12-10-25(11-13-27)33(38)40-48(45,46)29-14-15-31(32(23-29)42(43)44)39-18-21-47-28-7-2-1-3-8-28/h1-15,22-23,39H,16-21H2,(H2,38,40). The van der Waals surface area contributed by atoms with Gasteiger partial charge in [-0.1, -0.05) is 48.0 Å². The van der Waals surface area contributed by atoms with E-state index >= 15 is 0 Å². The van der Waals surface area contributed by atoms with Gasteiger partial charge >= 0.3 is 6.18 Å². The highest BCUT2D eigenvalue weighted by atomic mass is 32.2. The van der Waals surface area contributed by atoms with Crippen LogP contribution in [0.5, 0.6) is 0 Å². The van der Waals surface area contributed by atoms with E-state index in [2.05, 4.69) is 14.6 Å².